The van der Waals surface area contributed by atoms with Crippen LogP contribution in [0.3, 0.4) is 0 Å². The van der Waals surface area contributed by atoms with E-state index in [2.05, 4.69) is 0 Å². The zero-order chi connectivity index (χ0) is 13.8. The number of carbonyl (C=O) groups is 2. The van der Waals surface area contributed by atoms with E-state index in [0.29, 0.717) is 19.6 Å². The van der Waals surface area contributed by atoms with Crippen LogP contribution in [0.2, 0.25) is 0 Å². The number of nitrogens with zero attached hydrogens (tertiary/aromatic N) is 2. The van der Waals surface area contributed by atoms with Gasteiger partial charge in [-0.15, -0.1) is 0 Å². The van der Waals surface area contributed by atoms with Gasteiger partial charge in [0.15, 0.2) is 0 Å². The molecule has 0 unspecified atom stereocenters. The number of rotatable bonds is 4. The smallest absolute Gasteiger partial charge is 0.227 e. The maximum Gasteiger partial charge on any atom is 0.227 e. The van der Waals surface area contributed by atoms with Gasteiger partial charge in [0.25, 0.3) is 0 Å². The summed E-state index contributed by atoms with van der Waals surface area (Å²) in [6.45, 7) is 4.76. The van der Waals surface area contributed by atoms with E-state index in [1.165, 1.54) is 6.42 Å². The molecule has 5 nitrogen and oxygen atoms in total. The number of amides is 2. The molecule has 0 aromatic rings. The van der Waals surface area contributed by atoms with Crippen LogP contribution in [-0.4, -0.2) is 61.0 Å². The molecule has 2 aliphatic heterocycles. The van der Waals surface area contributed by atoms with Crippen molar-refractivity contribution in [2.45, 2.75) is 38.6 Å². The summed E-state index contributed by atoms with van der Waals surface area (Å²) in [4.78, 5) is 28.1. The fraction of sp³-hybridized carbons (Fsp3) is 0.857. The average Bonchev–Trinajstić information content (AvgIpc) is 2.81. The fourth-order valence-electron chi connectivity index (χ4n) is 3.03. The predicted octanol–water partition coefficient (Wildman–Crippen LogP) is 0.882. The Bertz CT molecular complexity index is 340. The molecule has 2 saturated heterocycles. The van der Waals surface area contributed by atoms with E-state index in [1.807, 2.05) is 11.8 Å². The number of piperidine rings is 1. The Morgan fingerprint density at radius 1 is 1.37 bits per heavy atom. The summed E-state index contributed by atoms with van der Waals surface area (Å²) in [5.41, 5.74) is 0. The molecular weight excluding hydrogens is 244 g/mol. The molecule has 2 amide bonds. The maximum atomic E-state index is 12.4. The second kappa shape index (κ2) is 6.37. The molecule has 2 heterocycles. The highest BCUT2D eigenvalue weighted by Gasteiger charge is 2.38. The monoisotopic (exact) mass is 268 g/mol. The lowest BCUT2D eigenvalue weighted by molar-refractivity contribution is -0.136. The van der Waals surface area contributed by atoms with Crippen LogP contribution in [0.1, 0.15) is 32.6 Å². The van der Waals surface area contributed by atoms with Gasteiger partial charge >= 0.3 is 0 Å². The van der Waals surface area contributed by atoms with Crippen molar-refractivity contribution in [2.24, 2.45) is 5.92 Å². The molecular formula is C14H24N2O3. The second-order valence-corrected chi connectivity index (χ2v) is 5.64. The molecule has 0 bridgehead atoms. The van der Waals surface area contributed by atoms with Crippen LogP contribution < -0.4 is 0 Å². The van der Waals surface area contributed by atoms with Gasteiger partial charge in [-0.05, 0) is 26.2 Å². The molecule has 0 radical (unpaired) electrons. The Morgan fingerprint density at radius 2 is 2.05 bits per heavy atom. The van der Waals surface area contributed by atoms with Crippen molar-refractivity contribution >= 4 is 11.8 Å². The number of methoxy groups -OCH3 is 1. The third-order valence-electron chi connectivity index (χ3n) is 4.12. The lowest BCUT2D eigenvalue weighted by atomic mass is 10.0. The Balaban J connectivity index is 1.92. The molecule has 2 aliphatic rings. The van der Waals surface area contributed by atoms with Gasteiger partial charge in [0.1, 0.15) is 0 Å². The van der Waals surface area contributed by atoms with E-state index < -0.39 is 0 Å². The van der Waals surface area contributed by atoms with Crippen LogP contribution in [-0.2, 0) is 14.3 Å². The van der Waals surface area contributed by atoms with Crippen LogP contribution in [0.4, 0.5) is 0 Å². The highest BCUT2D eigenvalue weighted by Crippen LogP contribution is 2.23. The minimum absolute atomic E-state index is 0.0525. The molecule has 0 aliphatic carbocycles. The van der Waals surface area contributed by atoms with Crippen molar-refractivity contribution in [1.82, 2.24) is 9.80 Å². The topological polar surface area (TPSA) is 49.9 Å². The van der Waals surface area contributed by atoms with Crippen molar-refractivity contribution in [1.29, 1.82) is 0 Å². The molecule has 0 saturated carbocycles. The van der Waals surface area contributed by atoms with Gasteiger partial charge in [-0.3, -0.25) is 9.59 Å². The third-order valence-corrected chi connectivity index (χ3v) is 4.12. The first-order chi connectivity index (χ1) is 9.13. The number of carbonyl (C=O) groups excluding carboxylic acids is 2. The minimum atomic E-state index is -0.148. The molecule has 2 fully saturated rings. The van der Waals surface area contributed by atoms with Gasteiger partial charge in [0.2, 0.25) is 11.8 Å². The van der Waals surface area contributed by atoms with Crippen LogP contribution in [0.5, 0.6) is 0 Å². The van der Waals surface area contributed by atoms with E-state index in [-0.39, 0.29) is 23.8 Å². The zero-order valence-corrected chi connectivity index (χ0v) is 11.9. The molecule has 108 valence electrons. The highest BCUT2D eigenvalue weighted by molar-refractivity contribution is 5.89. The molecule has 2 atom stereocenters. The van der Waals surface area contributed by atoms with Gasteiger partial charge in [-0.2, -0.15) is 0 Å². The standard InChI is InChI=1S/C14H24N2O3/c1-11(10-19-2)16-9-12(8-13(16)17)14(18)15-6-4-3-5-7-15/h11-12H,3-10H2,1-2H3/t11-,12-/m0/s1. The summed E-state index contributed by atoms with van der Waals surface area (Å²) in [6, 6.07) is 0.0525. The average molecular weight is 268 g/mol. The Hall–Kier alpha value is -1.10. The third kappa shape index (κ3) is 3.26. The minimum Gasteiger partial charge on any atom is -0.383 e. The molecule has 2 rings (SSSR count). The van der Waals surface area contributed by atoms with E-state index in [1.54, 1.807) is 12.0 Å². The Kier molecular flexibility index (Phi) is 4.80. The number of hydrogen-bond acceptors (Lipinski definition) is 3. The van der Waals surface area contributed by atoms with Gasteiger partial charge < -0.3 is 14.5 Å². The van der Waals surface area contributed by atoms with Gasteiger partial charge in [0, 0.05) is 33.2 Å². The summed E-state index contributed by atoms with van der Waals surface area (Å²) >= 11 is 0. The number of ether oxygens (including phenoxy) is 1. The summed E-state index contributed by atoms with van der Waals surface area (Å²) < 4.78 is 5.09. The van der Waals surface area contributed by atoms with Crippen LogP contribution in [0.25, 0.3) is 0 Å². The fourth-order valence-corrected chi connectivity index (χ4v) is 3.03. The van der Waals surface area contributed by atoms with Crippen molar-refractivity contribution < 1.29 is 14.3 Å². The van der Waals surface area contributed by atoms with Gasteiger partial charge in [-0.25, -0.2) is 0 Å². The lowest BCUT2D eigenvalue weighted by Crippen LogP contribution is -2.42. The van der Waals surface area contributed by atoms with Crippen molar-refractivity contribution in [3.05, 3.63) is 0 Å². The van der Waals surface area contributed by atoms with Gasteiger partial charge in [-0.1, -0.05) is 0 Å². The van der Waals surface area contributed by atoms with Crippen molar-refractivity contribution in [2.75, 3.05) is 33.4 Å². The van der Waals surface area contributed by atoms with E-state index in [0.717, 1.165) is 25.9 Å². The van der Waals surface area contributed by atoms with Crippen LogP contribution in [0, 0.1) is 5.92 Å². The summed E-state index contributed by atoms with van der Waals surface area (Å²) in [5.74, 6) is 0.102. The summed E-state index contributed by atoms with van der Waals surface area (Å²) in [5, 5.41) is 0. The molecule has 0 aromatic heterocycles. The summed E-state index contributed by atoms with van der Waals surface area (Å²) in [6.07, 6.45) is 3.76. The molecule has 0 N–H and O–H groups in total. The van der Waals surface area contributed by atoms with E-state index in [9.17, 15) is 9.59 Å². The second-order valence-electron chi connectivity index (χ2n) is 5.64. The highest BCUT2D eigenvalue weighted by atomic mass is 16.5. The molecule has 0 spiro atoms. The largest absolute Gasteiger partial charge is 0.383 e. The van der Waals surface area contributed by atoms with E-state index >= 15 is 0 Å². The SMILES string of the molecule is COC[C@H](C)N1C[C@@H](C(=O)N2CCCCC2)CC1=O. The number of hydrogen-bond donors (Lipinski definition) is 0. The van der Waals surface area contributed by atoms with E-state index in [4.69, 9.17) is 4.74 Å². The zero-order valence-electron chi connectivity index (χ0n) is 11.9. The first kappa shape index (κ1) is 14.3. The quantitative estimate of drug-likeness (QED) is 0.760. The number of likely N-dealkylation sites (tertiary alicyclic amines) is 2. The lowest BCUT2D eigenvalue weighted by Gasteiger charge is -2.29. The maximum absolute atomic E-state index is 12.4. The van der Waals surface area contributed by atoms with Crippen LogP contribution in [0.15, 0.2) is 0 Å². The Morgan fingerprint density at radius 3 is 2.68 bits per heavy atom. The first-order valence-corrected chi connectivity index (χ1v) is 7.20. The normalized spacial score (nSPS) is 25.8. The van der Waals surface area contributed by atoms with Crippen molar-refractivity contribution in [3.63, 3.8) is 0 Å². The summed E-state index contributed by atoms with van der Waals surface area (Å²) in [7, 11) is 1.63. The van der Waals surface area contributed by atoms with Crippen LogP contribution >= 0.6 is 0 Å². The molecule has 0 aromatic carbocycles. The van der Waals surface area contributed by atoms with Gasteiger partial charge in [0.05, 0.1) is 18.6 Å². The first-order valence-electron chi connectivity index (χ1n) is 7.20. The predicted molar refractivity (Wildman–Crippen MR) is 71.6 cm³/mol. The van der Waals surface area contributed by atoms with Crippen molar-refractivity contribution in [3.8, 4) is 0 Å². The Labute approximate surface area is 114 Å². The molecule has 5 heteroatoms. The molecule has 19 heavy (non-hydrogen) atoms.